The molecule has 0 bridgehead atoms. The van der Waals surface area contributed by atoms with E-state index < -0.39 is 0 Å². The SMILES string of the molecule is NCC(c1cccc(F)c1)N1CCC2CCCCC21. The van der Waals surface area contributed by atoms with Crippen molar-refractivity contribution in [1.29, 1.82) is 0 Å². The van der Waals surface area contributed by atoms with Crippen LogP contribution in [-0.4, -0.2) is 24.0 Å². The molecule has 2 fully saturated rings. The fourth-order valence-corrected chi connectivity index (χ4v) is 4.01. The Morgan fingerprint density at radius 1 is 1.26 bits per heavy atom. The molecule has 3 unspecified atom stereocenters. The van der Waals surface area contributed by atoms with Crippen LogP contribution in [-0.2, 0) is 0 Å². The number of rotatable bonds is 3. The molecule has 3 atom stereocenters. The van der Waals surface area contributed by atoms with Crippen LogP contribution in [0.2, 0.25) is 0 Å². The summed E-state index contributed by atoms with van der Waals surface area (Å²) in [5.41, 5.74) is 7.03. The summed E-state index contributed by atoms with van der Waals surface area (Å²) in [7, 11) is 0. The number of benzene rings is 1. The Balaban J connectivity index is 1.82. The van der Waals surface area contributed by atoms with Gasteiger partial charge >= 0.3 is 0 Å². The van der Waals surface area contributed by atoms with Gasteiger partial charge in [0, 0.05) is 18.6 Å². The van der Waals surface area contributed by atoms with Crippen molar-refractivity contribution >= 4 is 0 Å². The van der Waals surface area contributed by atoms with E-state index in [0.717, 1.165) is 18.0 Å². The first-order valence-electron chi connectivity index (χ1n) is 7.51. The lowest BCUT2D eigenvalue weighted by molar-refractivity contribution is 0.135. The van der Waals surface area contributed by atoms with E-state index in [1.807, 2.05) is 6.07 Å². The fraction of sp³-hybridized carbons (Fsp3) is 0.625. The highest BCUT2D eigenvalue weighted by molar-refractivity contribution is 5.21. The summed E-state index contributed by atoms with van der Waals surface area (Å²) in [5, 5.41) is 0. The molecule has 19 heavy (non-hydrogen) atoms. The maximum absolute atomic E-state index is 13.4. The quantitative estimate of drug-likeness (QED) is 0.907. The summed E-state index contributed by atoms with van der Waals surface area (Å²) in [6, 6.07) is 7.81. The third kappa shape index (κ3) is 2.54. The van der Waals surface area contributed by atoms with Gasteiger partial charge in [-0.05, 0) is 49.4 Å². The number of nitrogens with two attached hydrogens (primary N) is 1. The van der Waals surface area contributed by atoms with Crippen molar-refractivity contribution in [2.24, 2.45) is 11.7 Å². The van der Waals surface area contributed by atoms with E-state index in [2.05, 4.69) is 4.90 Å². The zero-order valence-corrected chi connectivity index (χ0v) is 11.4. The second-order valence-corrected chi connectivity index (χ2v) is 5.94. The van der Waals surface area contributed by atoms with Crippen LogP contribution < -0.4 is 5.73 Å². The monoisotopic (exact) mass is 262 g/mol. The zero-order valence-electron chi connectivity index (χ0n) is 11.4. The van der Waals surface area contributed by atoms with Crippen molar-refractivity contribution in [1.82, 2.24) is 4.90 Å². The van der Waals surface area contributed by atoms with Crippen molar-refractivity contribution in [3.8, 4) is 0 Å². The predicted octanol–water partition coefficient (Wildman–Crippen LogP) is 3.09. The molecule has 2 nitrogen and oxygen atoms in total. The molecule has 3 heteroatoms. The average molecular weight is 262 g/mol. The van der Waals surface area contributed by atoms with Gasteiger partial charge in [-0.25, -0.2) is 4.39 Å². The van der Waals surface area contributed by atoms with Crippen molar-refractivity contribution in [3.05, 3.63) is 35.6 Å². The van der Waals surface area contributed by atoms with Crippen LogP contribution in [0.4, 0.5) is 4.39 Å². The maximum Gasteiger partial charge on any atom is 0.123 e. The molecule has 1 saturated carbocycles. The number of likely N-dealkylation sites (tertiary alicyclic amines) is 1. The predicted molar refractivity (Wildman–Crippen MR) is 75.3 cm³/mol. The summed E-state index contributed by atoms with van der Waals surface area (Å²) >= 11 is 0. The summed E-state index contributed by atoms with van der Waals surface area (Å²) in [6.45, 7) is 1.69. The van der Waals surface area contributed by atoms with Crippen LogP contribution >= 0.6 is 0 Å². The van der Waals surface area contributed by atoms with Gasteiger partial charge in [0.05, 0.1) is 0 Å². The second-order valence-electron chi connectivity index (χ2n) is 5.94. The Morgan fingerprint density at radius 3 is 2.89 bits per heavy atom. The van der Waals surface area contributed by atoms with E-state index in [9.17, 15) is 4.39 Å². The van der Waals surface area contributed by atoms with E-state index >= 15 is 0 Å². The lowest BCUT2D eigenvalue weighted by atomic mass is 9.84. The fourth-order valence-electron chi connectivity index (χ4n) is 4.01. The molecule has 0 amide bonds. The van der Waals surface area contributed by atoms with Gasteiger partial charge < -0.3 is 5.73 Å². The molecule has 3 rings (SSSR count). The summed E-state index contributed by atoms with van der Waals surface area (Å²) in [6.07, 6.45) is 6.65. The smallest absolute Gasteiger partial charge is 0.123 e. The molecule has 2 N–H and O–H groups in total. The standard InChI is InChI=1S/C16H23FN2/c17-14-6-3-5-13(10-14)16(11-18)19-9-8-12-4-1-2-7-15(12)19/h3,5-6,10,12,15-16H,1-2,4,7-9,11,18H2. The molecule has 2 aliphatic rings. The largest absolute Gasteiger partial charge is 0.329 e. The minimum Gasteiger partial charge on any atom is -0.329 e. The molecular formula is C16H23FN2. The lowest BCUT2D eigenvalue weighted by Gasteiger charge is -2.37. The van der Waals surface area contributed by atoms with Crippen molar-refractivity contribution in [2.45, 2.75) is 44.2 Å². The number of fused-ring (bicyclic) bond motifs is 1. The van der Waals surface area contributed by atoms with Gasteiger partial charge in [-0.3, -0.25) is 4.90 Å². The molecule has 0 radical (unpaired) electrons. The van der Waals surface area contributed by atoms with Crippen LogP contribution in [0.3, 0.4) is 0 Å². The van der Waals surface area contributed by atoms with Gasteiger partial charge in [-0.2, -0.15) is 0 Å². The van der Waals surface area contributed by atoms with Crippen LogP contribution in [0.5, 0.6) is 0 Å². The molecule has 1 aliphatic carbocycles. The Labute approximate surface area is 114 Å². The zero-order chi connectivity index (χ0) is 13.2. The van der Waals surface area contributed by atoms with E-state index in [1.54, 1.807) is 12.1 Å². The summed E-state index contributed by atoms with van der Waals surface area (Å²) < 4.78 is 13.4. The Hall–Kier alpha value is -0.930. The highest BCUT2D eigenvalue weighted by atomic mass is 19.1. The van der Waals surface area contributed by atoms with Gasteiger partial charge in [-0.1, -0.05) is 25.0 Å². The first-order chi connectivity index (χ1) is 9.29. The summed E-state index contributed by atoms with van der Waals surface area (Å²) in [4.78, 5) is 2.54. The minimum atomic E-state index is -0.157. The molecule has 0 spiro atoms. The van der Waals surface area contributed by atoms with Gasteiger partial charge in [0.1, 0.15) is 5.82 Å². The molecular weight excluding hydrogens is 239 g/mol. The third-order valence-electron chi connectivity index (χ3n) is 4.91. The van der Waals surface area contributed by atoms with Crippen LogP contribution in [0.25, 0.3) is 0 Å². The second kappa shape index (κ2) is 5.59. The lowest BCUT2D eigenvalue weighted by Crippen LogP contribution is -2.40. The number of hydrogen-bond acceptors (Lipinski definition) is 2. The maximum atomic E-state index is 13.4. The topological polar surface area (TPSA) is 29.3 Å². The molecule has 1 saturated heterocycles. The van der Waals surface area contributed by atoms with Gasteiger partial charge in [0.2, 0.25) is 0 Å². The highest BCUT2D eigenvalue weighted by Gasteiger charge is 2.38. The highest BCUT2D eigenvalue weighted by Crippen LogP contribution is 2.40. The Bertz CT molecular complexity index is 435. The van der Waals surface area contributed by atoms with Crippen LogP contribution in [0.1, 0.15) is 43.7 Å². The Morgan fingerprint density at radius 2 is 2.11 bits per heavy atom. The number of nitrogens with zero attached hydrogens (tertiary/aromatic N) is 1. The minimum absolute atomic E-state index is 0.157. The van der Waals surface area contributed by atoms with Gasteiger partial charge in [0.25, 0.3) is 0 Å². The molecule has 1 aromatic rings. The molecule has 0 aromatic heterocycles. The van der Waals surface area contributed by atoms with Gasteiger partial charge in [-0.15, -0.1) is 0 Å². The molecule has 1 aliphatic heterocycles. The first-order valence-corrected chi connectivity index (χ1v) is 7.51. The molecule has 1 heterocycles. The van der Waals surface area contributed by atoms with E-state index in [4.69, 9.17) is 5.73 Å². The van der Waals surface area contributed by atoms with Crippen molar-refractivity contribution < 1.29 is 4.39 Å². The van der Waals surface area contributed by atoms with E-state index in [0.29, 0.717) is 12.6 Å². The van der Waals surface area contributed by atoms with Gasteiger partial charge in [0.15, 0.2) is 0 Å². The Kier molecular flexibility index (Phi) is 3.85. The van der Waals surface area contributed by atoms with Crippen molar-refractivity contribution in [3.63, 3.8) is 0 Å². The normalized spacial score (nSPS) is 29.2. The van der Waals surface area contributed by atoms with Crippen LogP contribution in [0, 0.1) is 11.7 Å². The summed E-state index contributed by atoms with van der Waals surface area (Å²) in [5.74, 6) is 0.687. The molecule has 104 valence electrons. The number of hydrogen-bond donors (Lipinski definition) is 1. The van der Waals surface area contributed by atoms with E-state index in [-0.39, 0.29) is 11.9 Å². The van der Waals surface area contributed by atoms with E-state index in [1.165, 1.54) is 38.2 Å². The van der Waals surface area contributed by atoms with Crippen LogP contribution in [0.15, 0.2) is 24.3 Å². The third-order valence-corrected chi connectivity index (χ3v) is 4.91. The average Bonchev–Trinajstić information content (AvgIpc) is 2.84. The van der Waals surface area contributed by atoms with Crippen molar-refractivity contribution in [2.75, 3.05) is 13.1 Å². The number of halogens is 1. The first kappa shape index (κ1) is 13.1. The molecule has 1 aromatic carbocycles.